The Bertz CT molecular complexity index is 510. The summed E-state index contributed by atoms with van der Waals surface area (Å²) in [6, 6.07) is 7.62. The van der Waals surface area contributed by atoms with Crippen LogP contribution < -0.4 is 4.74 Å². The zero-order valence-corrected chi connectivity index (χ0v) is 15.7. The van der Waals surface area contributed by atoms with Crippen molar-refractivity contribution in [2.24, 2.45) is 5.92 Å². The molecule has 1 fully saturated rings. The number of Topliss-reactive ketones (excluding diaryl/α,β-unsaturated/α-hetero) is 1. The van der Waals surface area contributed by atoms with Gasteiger partial charge in [0.1, 0.15) is 22.9 Å². The zero-order chi connectivity index (χ0) is 17.0. The number of carbonyl (C=O) groups is 1. The van der Waals surface area contributed by atoms with Crippen molar-refractivity contribution < 1.29 is 14.3 Å². The highest BCUT2D eigenvalue weighted by Gasteiger charge is 2.40. The smallest absolute Gasteiger partial charge is 0.215 e. The average molecular weight is 338 g/mol. The minimum atomic E-state index is -0.227. The summed E-state index contributed by atoms with van der Waals surface area (Å²) in [5.41, 5.74) is 0.569. The van der Waals surface area contributed by atoms with Crippen LogP contribution in [-0.2, 0) is 15.6 Å². The van der Waals surface area contributed by atoms with E-state index in [0.29, 0.717) is 5.92 Å². The van der Waals surface area contributed by atoms with Crippen LogP contribution >= 0.6 is 0 Å². The van der Waals surface area contributed by atoms with Crippen LogP contribution in [0.5, 0.6) is 5.75 Å². The van der Waals surface area contributed by atoms with Crippen molar-refractivity contribution in [1.29, 1.82) is 0 Å². The predicted molar refractivity (Wildman–Crippen MR) is 97.7 cm³/mol. The second kappa shape index (κ2) is 7.71. The van der Waals surface area contributed by atoms with Crippen molar-refractivity contribution in [3.63, 3.8) is 0 Å². The Morgan fingerprint density at radius 2 is 1.70 bits per heavy atom. The Balaban J connectivity index is 2.13. The molecule has 1 heterocycles. The maximum absolute atomic E-state index is 13.0. The third kappa shape index (κ3) is 5.25. The van der Waals surface area contributed by atoms with Crippen molar-refractivity contribution in [2.45, 2.75) is 45.5 Å². The van der Waals surface area contributed by atoms with Crippen LogP contribution in [0.4, 0.5) is 0 Å². The molecule has 4 heteroatoms. The van der Waals surface area contributed by atoms with Crippen LogP contribution in [0.1, 0.15) is 45.0 Å². The SMILES string of the molecule is CC(C)C(C(=O)c1ccc(OC(C)(C)C)cc1)[S+]1CCOCC1. The summed E-state index contributed by atoms with van der Waals surface area (Å²) in [5, 5.41) is 0.105. The van der Waals surface area contributed by atoms with Crippen LogP contribution in [0.15, 0.2) is 24.3 Å². The lowest BCUT2D eigenvalue weighted by Gasteiger charge is -2.24. The molecule has 1 aliphatic heterocycles. The third-order valence-corrected chi connectivity index (χ3v) is 6.62. The number of carbonyl (C=O) groups excluding carboxylic acids is 1. The first kappa shape index (κ1) is 18.3. The Kier molecular flexibility index (Phi) is 6.15. The fourth-order valence-electron chi connectivity index (χ4n) is 2.83. The summed E-state index contributed by atoms with van der Waals surface area (Å²) in [6.45, 7) is 12.0. The van der Waals surface area contributed by atoms with E-state index >= 15 is 0 Å². The third-order valence-electron chi connectivity index (χ3n) is 3.77. The van der Waals surface area contributed by atoms with Gasteiger partial charge in [0, 0.05) is 22.4 Å². The van der Waals surface area contributed by atoms with Gasteiger partial charge in [-0.25, -0.2) is 0 Å². The summed E-state index contributed by atoms with van der Waals surface area (Å²) >= 11 is 0. The topological polar surface area (TPSA) is 35.5 Å². The fraction of sp³-hybridized carbons (Fsp3) is 0.632. The monoisotopic (exact) mass is 337 g/mol. The maximum Gasteiger partial charge on any atom is 0.215 e. The van der Waals surface area contributed by atoms with Crippen molar-refractivity contribution in [3.8, 4) is 5.75 Å². The molecule has 128 valence electrons. The quantitative estimate of drug-likeness (QED) is 0.607. The molecule has 1 aromatic rings. The van der Waals surface area contributed by atoms with E-state index < -0.39 is 0 Å². The van der Waals surface area contributed by atoms with Crippen molar-refractivity contribution in [1.82, 2.24) is 0 Å². The van der Waals surface area contributed by atoms with Gasteiger partial charge in [-0.2, -0.15) is 0 Å². The molecule has 1 aromatic carbocycles. The van der Waals surface area contributed by atoms with Crippen LogP contribution in [0, 0.1) is 5.92 Å². The number of rotatable bonds is 5. The van der Waals surface area contributed by atoms with Gasteiger partial charge >= 0.3 is 0 Å². The van der Waals surface area contributed by atoms with Crippen LogP contribution in [0.2, 0.25) is 0 Å². The molecule has 1 unspecified atom stereocenters. The highest BCUT2D eigenvalue weighted by atomic mass is 32.2. The maximum atomic E-state index is 13.0. The zero-order valence-electron chi connectivity index (χ0n) is 14.9. The molecular weight excluding hydrogens is 308 g/mol. The van der Waals surface area contributed by atoms with Gasteiger partial charge < -0.3 is 9.47 Å². The van der Waals surface area contributed by atoms with Gasteiger partial charge in [-0.15, -0.1) is 0 Å². The largest absolute Gasteiger partial charge is 0.488 e. The van der Waals surface area contributed by atoms with Gasteiger partial charge in [-0.1, -0.05) is 13.8 Å². The highest BCUT2D eigenvalue weighted by Crippen LogP contribution is 2.25. The summed E-state index contributed by atoms with van der Waals surface area (Å²) in [7, 11) is 0.130. The summed E-state index contributed by atoms with van der Waals surface area (Å²) in [4.78, 5) is 13.0. The summed E-state index contributed by atoms with van der Waals surface area (Å²) in [6.07, 6.45) is 0. The normalized spacial score (nSPS) is 18.0. The molecule has 0 spiro atoms. The molecule has 3 nitrogen and oxygen atoms in total. The van der Waals surface area contributed by atoms with Crippen LogP contribution in [-0.4, -0.2) is 41.4 Å². The van der Waals surface area contributed by atoms with Crippen molar-refractivity contribution in [2.75, 3.05) is 24.7 Å². The Morgan fingerprint density at radius 1 is 1.13 bits per heavy atom. The Labute approximate surface area is 143 Å². The van der Waals surface area contributed by atoms with Gasteiger partial charge in [-0.05, 0) is 45.0 Å². The number of ketones is 1. The average Bonchev–Trinajstić information content (AvgIpc) is 2.47. The van der Waals surface area contributed by atoms with Gasteiger partial charge in [0.2, 0.25) is 5.78 Å². The number of benzene rings is 1. The molecular formula is C19H29O3S+. The van der Waals surface area contributed by atoms with Gasteiger partial charge in [0.25, 0.3) is 0 Å². The predicted octanol–water partition coefficient (Wildman–Crippen LogP) is 3.72. The molecule has 1 aliphatic rings. The van der Waals surface area contributed by atoms with E-state index in [-0.39, 0.29) is 27.5 Å². The lowest BCUT2D eigenvalue weighted by molar-refractivity contribution is 0.0972. The van der Waals surface area contributed by atoms with E-state index in [1.165, 1.54) is 0 Å². The molecule has 2 rings (SSSR count). The minimum absolute atomic E-state index is 0.105. The van der Waals surface area contributed by atoms with E-state index in [1.807, 2.05) is 45.0 Å². The highest BCUT2D eigenvalue weighted by molar-refractivity contribution is 7.98. The van der Waals surface area contributed by atoms with E-state index in [4.69, 9.17) is 9.47 Å². The fourth-order valence-corrected chi connectivity index (χ4v) is 5.42. The summed E-state index contributed by atoms with van der Waals surface area (Å²) < 4.78 is 11.3. The van der Waals surface area contributed by atoms with Crippen LogP contribution in [0.3, 0.4) is 0 Å². The second-order valence-corrected chi connectivity index (χ2v) is 9.73. The van der Waals surface area contributed by atoms with E-state index in [9.17, 15) is 4.79 Å². The van der Waals surface area contributed by atoms with Crippen LogP contribution in [0.25, 0.3) is 0 Å². The van der Waals surface area contributed by atoms with Crippen molar-refractivity contribution >= 4 is 16.7 Å². The Hall–Kier alpha value is -1.00. The molecule has 0 saturated carbocycles. The van der Waals surface area contributed by atoms with E-state index in [1.54, 1.807) is 0 Å². The molecule has 23 heavy (non-hydrogen) atoms. The van der Waals surface area contributed by atoms with E-state index in [2.05, 4.69) is 13.8 Å². The lowest BCUT2D eigenvalue weighted by atomic mass is 10.0. The first-order valence-electron chi connectivity index (χ1n) is 8.35. The molecule has 0 N–H and O–H groups in total. The standard InChI is InChI=1S/C19H29O3S/c1-14(2)18(23-12-10-21-11-13-23)17(20)15-6-8-16(9-7-15)22-19(3,4)5/h6-9,14,18H,10-13H2,1-5H3/q+1. The number of ether oxygens (including phenoxy) is 2. The number of hydrogen-bond acceptors (Lipinski definition) is 3. The molecule has 1 atom stereocenters. The molecule has 0 bridgehead atoms. The number of hydrogen-bond donors (Lipinski definition) is 0. The molecule has 0 amide bonds. The summed E-state index contributed by atoms with van der Waals surface area (Å²) in [5.74, 6) is 3.46. The molecule has 0 aromatic heterocycles. The minimum Gasteiger partial charge on any atom is -0.488 e. The molecule has 1 saturated heterocycles. The van der Waals surface area contributed by atoms with Gasteiger partial charge in [-0.3, -0.25) is 4.79 Å². The Morgan fingerprint density at radius 3 is 2.17 bits per heavy atom. The molecule has 0 radical (unpaired) electrons. The first-order chi connectivity index (χ1) is 10.8. The molecule has 0 aliphatic carbocycles. The first-order valence-corrected chi connectivity index (χ1v) is 9.98. The van der Waals surface area contributed by atoms with Gasteiger partial charge in [0.05, 0.1) is 13.2 Å². The lowest BCUT2D eigenvalue weighted by Crippen LogP contribution is -2.42. The second-order valence-electron chi connectivity index (χ2n) is 7.33. The van der Waals surface area contributed by atoms with Gasteiger partial charge in [0.15, 0.2) is 5.25 Å². The van der Waals surface area contributed by atoms with Crippen molar-refractivity contribution in [3.05, 3.63) is 29.8 Å². The van der Waals surface area contributed by atoms with E-state index in [0.717, 1.165) is 36.0 Å².